The van der Waals surface area contributed by atoms with Crippen LogP contribution < -0.4 is 5.32 Å². The quantitative estimate of drug-likeness (QED) is 0.913. The summed E-state index contributed by atoms with van der Waals surface area (Å²) < 4.78 is 0. The number of rotatable bonds is 4. The number of likely N-dealkylation sites (N-methyl/N-ethyl adjacent to an activating group) is 1. The zero-order valence-corrected chi connectivity index (χ0v) is 12.1. The van der Waals surface area contributed by atoms with Gasteiger partial charge >= 0.3 is 0 Å². The van der Waals surface area contributed by atoms with Crippen LogP contribution in [0.15, 0.2) is 30.6 Å². The van der Waals surface area contributed by atoms with Gasteiger partial charge in [0.05, 0.1) is 23.6 Å². The van der Waals surface area contributed by atoms with Crippen LogP contribution in [0.25, 0.3) is 0 Å². The molecule has 0 aliphatic carbocycles. The van der Waals surface area contributed by atoms with Gasteiger partial charge in [-0.3, -0.25) is 9.97 Å². The average Bonchev–Trinajstić information content (AvgIpc) is 2.41. The first-order valence-corrected chi connectivity index (χ1v) is 6.62. The van der Waals surface area contributed by atoms with E-state index in [1.807, 2.05) is 26.4 Å². The van der Waals surface area contributed by atoms with Crippen LogP contribution in [0.5, 0.6) is 0 Å². The second-order valence-corrected chi connectivity index (χ2v) is 5.06. The number of aromatic nitrogens is 2. The number of hydrogen-bond acceptors (Lipinski definition) is 3. The highest BCUT2D eigenvalue weighted by Crippen LogP contribution is 2.19. The first-order valence-electron chi connectivity index (χ1n) is 6.62. The summed E-state index contributed by atoms with van der Waals surface area (Å²) >= 11 is 0. The maximum Gasteiger partial charge on any atom is 0.0759 e. The fourth-order valence-electron chi connectivity index (χ4n) is 2.18. The zero-order chi connectivity index (χ0) is 13.8. The van der Waals surface area contributed by atoms with Gasteiger partial charge in [0.1, 0.15) is 0 Å². The van der Waals surface area contributed by atoms with Crippen LogP contribution in [0.3, 0.4) is 0 Å². The second kappa shape index (κ2) is 5.93. The molecule has 1 unspecified atom stereocenters. The van der Waals surface area contributed by atoms with Crippen molar-refractivity contribution < 1.29 is 0 Å². The van der Waals surface area contributed by atoms with E-state index in [0.29, 0.717) is 0 Å². The summed E-state index contributed by atoms with van der Waals surface area (Å²) in [6.07, 6.45) is 4.62. The topological polar surface area (TPSA) is 37.8 Å². The monoisotopic (exact) mass is 255 g/mol. The van der Waals surface area contributed by atoms with Crippen LogP contribution in [-0.4, -0.2) is 17.0 Å². The molecule has 3 nitrogen and oxygen atoms in total. The van der Waals surface area contributed by atoms with E-state index in [9.17, 15) is 0 Å². The Balaban J connectivity index is 2.23. The highest BCUT2D eigenvalue weighted by atomic mass is 14.9. The van der Waals surface area contributed by atoms with E-state index in [0.717, 1.165) is 17.8 Å². The molecule has 0 amide bonds. The Labute approximate surface area is 115 Å². The van der Waals surface area contributed by atoms with E-state index in [-0.39, 0.29) is 6.04 Å². The molecule has 1 aromatic heterocycles. The molecule has 0 aliphatic rings. The summed E-state index contributed by atoms with van der Waals surface area (Å²) in [6.45, 7) is 6.24. The molecule has 1 N–H and O–H groups in total. The van der Waals surface area contributed by atoms with Gasteiger partial charge in [-0.1, -0.05) is 23.8 Å². The highest BCUT2D eigenvalue weighted by Gasteiger charge is 2.13. The third kappa shape index (κ3) is 3.38. The summed E-state index contributed by atoms with van der Waals surface area (Å²) in [5, 5.41) is 3.33. The SMILES string of the molecule is CNC(Cc1cc(C)ccc1C)c1cnc(C)cn1. The molecule has 0 spiro atoms. The average molecular weight is 255 g/mol. The largest absolute Gasteiger partial charge is 0.311 e. The van der Waals surface area contributed by atoms with E-state index < -0.39 is 0 Å². The third-order valence-electron chi connectivity index (χ3n) is 3.44. The summed E-state index contributed by atoms with van der Waals surface area (Å²) in [5.74, 6) is 0. The fraction of sp³-hybridized carbons (Fsp3) is 0.375. The van der Waals surface area contributed by atoms with Crippen molar-refractivity contribution >= 4 is 0 Å². The number of nitrogens with one attached hydrogen (secondary N) is 1. The van der Waals surface area contributed by atoms with Crippen LogP contribution in [-0.2, 0) is 6.42 Å². The van der Waals surface area contributed by atoms with Crippen molar-refractivity contribution in [3.8, 4) is 0 Å². The molecule has 0 bridgehead atoms. The molecule has 2 rings (SSSR count). The molecule has 0 aliphatic heterocycles. The van der Waals surface area contributed by atoms with Crippen molar-refractivity contribution in [2.24, 2.45) is 0 Å². The molecule has 1 aromatic carbocycles. The summed E-state index contributed by atoms with van der Waals surface area (Å²) in [4.78, 5) is 8.80. The number of benzene rings is 1. The van der Waals surface area contributed by atoms with E-state index in [2.05, 4.69) is 47.3 Å². The summed E-state index contributed by atoms with van der Waals surface area (Å²) in [6, 6.07) is 6.78. The number of aryl methyl sites for hydroxylation is 3. The Morgan fingerprint density at radius 2 is 1.89 bits per heavy atom. The molecule has 1 heterocycles. The normalized spacial score (nSPS) is 12.4. The van der Waals surface area contributed by atoms with Gasteiger partial charge in [0.25, 0.3) is 0 Å². The van der Waals surface area contributed by atoms with Crippen molar-refractivity contribution in [2.45, 2.75) is 33.2 Å². The lowest BCUT2D eigenvalue weighted by molar-refractivity contribution is 0.571. The minimum Gasteiger partial charge on any atom is -0.311 e. The lowest BCUT2D eigenvalue weighted by atomic mass is 9.97. The molecule has 1 atom stereocenters. The van der Waals surface area contributed by atoms with Crippen LogP contribution in [0.2, 0.25) is 0 Å². The molecule has 0 fully saturated rings. The Bertz CT molecular complexity index is 546. The zero-order valence-electron chi connectivity index (χ0n) is 12.1. The van der Waals surface area contributed by atoms with Gasteiger partial charge < -0.3 is 5.32 Å². The molecule has 19 heavy (non-hydrogen) atoms. The molecule has 2 aromatic rings. The Kier molecular flexibility index (Phi) is 4.27. The van der Waals surface area contributed by atoms with Crippen LogP contribution in [0, 0.1) is 20.8 Å². The molecule has 0 radical (unpaired) electrons. The minimum absolute atomic E-state index is 0.202. The van der Waals surface area contributed by atoms with Crippen molar-refractivity contribution in [3.05, 3.63) is 58.7 Å². The van der Waals surface area contributed by atoms with Gasteiger partial charge in [0, 0.05) is 6.20 Å². The molecular weight excluding hydrogens is 234 g/mol. The standard InChI is InChI=1S/C16H21N3/c1-11-5-6-12(2)14(7-11)8-15(17-4)16-10-18-13(3)9-19-16/h5-7,9-10,15,17H,8H2,1-4H3. The lowest BCUT2D eigenvalue weighted by Crippen LogP contribution is -2.20. The van der Waals surface area contributed by atoms with E-state index in [1.54, 1.807) is 0 Å². The minimum atomic E-state index is 0.202. The van der Waals surface area contributed by atoms with Gasteiger partial charge in [-0.15, -0.1) is 0 Å². The predicted octanol–water partition coefficient (Wildman–Crippen LogP) is 2.91. The number of hydrogen-bond donors (Lipinski definition) is 1. The maximum atomic E-state index is 4.47. The fourth-order valence-corrected chi connectivity index (χ4v) is 2.18. The highest BCUT2D eigenvalue weighted by molar-refractivity contribution is 5.31. The van der Waals surface area contributed by atoms with E-state index >= 15 is 0 Å². The van der Waals surface area contributed by atoms with Gasteiger partial charge in [-0.2, -0.15) is 0 Å². The lowest BCUT2D eigenvalue weighted by Gasteiger charge is -2.17. The Hall–Kier alpha value is -1.74. The van der Waals surface area contributed by atoms with Crippen molar-refractivity contribution in [1.29, 1.82) is 0 Å². The first-order chi connectivity index (χ1) is 9.10. The Morgan fingerprint density at radius 3 is 2.53 bits per heavy atom. The van der Waals surface area contributed by atoms with Gasteiger partial charge in [-0.25, -0.2) is 0 Å². The van der Waals surface area contributed by atoms with Crippen LogP contribution in [0.4, 0.5) is 0 Å². The van der Waals surface area contributed by atoms with Crippen LogP contribution in [0.1, 0.15) is 34.1 Å². The second-order valence-electron chi connectivity index (χ2n) is 5.06. The van der Waals surface area contributed by atoms with Crippen molar-refractivity contribution in [3.63, 3.8) is 0 Å². The van der Waals surface area contributed by atoms with E-state index in [4.69, 9.17) is 0 Å². The number of nitrogens with zero attached hydrogens (tertiary/aromatic N) is 2. The smallest absolute Gasteiger partial charge is 0.0759 e. The van der Waals surface area contributed by atoms with Crippen LogP contribution >= 0.6 is 0 Å². The summed E-state index contributed by atoms with van der Waals surface area (Å²) in [7, 11) is 1.97. The maximum absolute atomic E-state index is 4.47. The predicted molar refractivity (Wildman–Crippen MR) is 78.2 cm³/mol. The first kappa shape index (κ1) is 13.7. The third-order valence-corrected chi connectivity index (χ3v) is 3.44. The molecule has 0 saturated carbocycles. The van der Waals surface area contributed by atoms with Gasteiger partial charge in [-0.05, 0) is 45.4 Å². The van der Waals surface area contributed by atoms with Gasteiger partial charge in [0.15, 0.2) is 0 Å². The molecule has 100 valence electrons. The molecule has 3 heteroatoms. The van der Waals surface area contributed by atoms with Crippen molar-refractivity contribution in [1.82, 2.24) is 15.3 Å². The molecule has 0 saturated heterocycles. The molecular formula is C16H21N3. The van der Waals surface area contributed by atoms with Gasteiger partial charge in [0.2, 0.25) is 0 Å². The van der Waals surface area contributed by atoms with E-state index in [1.165, 1.54) is 16.7 Å². The van der Waals surface area contributed by atoms with Crippen molar-refractivity contribution in [2.75, 3.05) is 7.05 Å². The Morgan fingerprint density at radius 1 is 1.11 bits per heavy atom. The summed E-state index contributed by atoms with van der Waals surface area (Å²) in [5.41, 5.74) is 5.93.